The highest BCUT2D eigenvalue weighted by Gasteiger charge is 2.22. The summed E-state index contributed by atoms with van der Waals surface area (Å²) in [5.74, 6) is 0.248. The Labute approximate surface area is 187 Å². The van der Waals surface area contributed by atoms with Crippen LogP contribution in [0.2, 0.25) is 0 Å². The van der Waals surface area contributed by atoms with Crippen molar-refractivity contribution in [1.82, 2.24) is 24.8 Å². The first-order valence-corrected chi connectivity index (χ1v) is 10.6. The number of nitriles is 1. The van der Waals surface area contributed by atoms with E-state index in [4.69, 9.17) is 9.72 Å². The second-order valence-electron chi connectivity index (χ2n) is 7.15. The van der Waals surface area contributed by atoms with E-state index in [0.717, 1.165) is 10.0 Å². The smallest absolute Gasteiger partial charge is 0.318 e. The highest BCUT2D eigenvalue weighted by Crippen LogP contribution is 2.29. The molecule has 1 N–H and O–H groups in total. The Morgan fingerprint density at radius 2 is 2.13 bits per heavy atom. The minimum Gasteiger partial charge on any atom is -0.464 e. The second-order valence-corrected chi connectivity index (χ2v) is 8.06. The number of dihydropyridines is 1. The first-order valence-electron chi connectivity index (χ1n) is 9.81. The quantitative estimate of drug-likeness (QED) is 0.579. The van der Waals surface area contributed by atoms with Crippen molar-refractivity contribution in [1.29, 1.82) is 5.26 Å². The first kappa shape index (κ1) is 21.0. The van der Waals surface area contributed by atoms with Crippen LogP contribution in [0.3, 0.4) is 0 Å². The van der Waals surface area contributed by atoms with Crippen LogP contribution in [0.5, 0.6) is 6.01 Å². The molecule has 3 aromatic rings. The Balaban J connectivity index is 1.93. The van der Waals surface area contributed by atoms with Crippen molar-refractivity contribution in [2.24, 2.45) is 0 Å². The lowest BCUT2D eigenvalue weighted by Gasteiger charge is -2.18. The average molecular weight is 483 g/mol. The van der Waals surface area contributed by atoms with Gasteiger partial charge in [0.15, 0.2) is 5.65 Å². The van der Waals surface area contributed by atoms with Crippen LogP contribution < -0.4 is 10.1 Å². The van der Waals surface area contributed by atoms with Crippen LogP contribution in [0.4, 0.5) is 4.39 Å². The number of hydrogen-bond donors (Lipinski definition) is 1. The summed E-state index contributed by atoms with van der Waals surface area (Å²) in [6.45, 7) is 6.19. The van der Waals surface area contributed by atoms with Gasteiger partial charge in [0.2, 0.25) is 0 Å². The van der Waals surface area contributed by atoms with Gasteiger partial charge in [-0.2, -0.15) is 15.2 Å². The van der Waals surface area contributed by atoms with E-state index in [1.165, 1.54) is 6.08 Å². The van der Waals surface area contributed by atoms with Crippen LogP contribution in [0.1, 0.15) is 36.5 Å². The topological polar surface area (TPSA) is 88.7 Å². The molecule has 1 unspecified atom stereocenters. The van der Waals surface area contributed by atoms with Gasteiger partial charge in [0.1, 0.15) is 17.2 Å². The van der Waals surface area contributed by atoms with Gasteiger partial charge in [-0.25, -0.2) is 9.37 Å². The van der Waals surface area contributed by atoms with Crippen LogP contribution in [-0.4, -0.2) is 32.2 Å². The molecule has 4 rings (SSSR count). The third-order valence-corrected chi connectivity index (χ3v) is 5.49. The number of nitrogens with zero attached hydrogens (tertiary/aromatic N) is 5. The molecule has 9 heteroatoms. The number of halogens is 2. The zero-order valence-electron chi connectivity index (χ0n) is 17.3. The maximum Gasteiger partial charge on any atom is 0.318 e. The Bertz CT molecular complexity index is 1270. The van der Waals surface area contributed by atoms with Crippen molar-refractivity contribution in [3.8, 4) is 12.1 Å². The first-order chi connectivity index (χ1) is 14.9. The molecule has 0 aliphatic carbocycles. The number of imidazole rings is 1. The molecule has 158 valence electrons. The highest BCUT2D eigenvalue weighted by molar-refractivity contribution is 9.10. The van der Waals surface area contributed by atoms with E-state index in [-0.39, 0.29) is 11.8 Å². The number of benzene rings is 1. The van der Waals surface area contributed by atoms with E-state index in [9.17, 15) is 9.65 Å². The summed E-state index contributed by atoms with van der Waals surface area (Å²) in [6, 6.07) is 7.61. The molecule has 0 radical (unpaired) electrons. The standard InChI is InChI=1S/C22H20BrFN6O/c1-4-31-22-27-13(3)19-21(29-22)30(11-14-5-6-17(23)7-15(14)9-25)20(28-19)16-8-18(24)12(2)26-10-16/h5-8,10,12,26H,4,11H2,1-3H3. The van der Waals surface area contributed by atoms with Crippen molar-refractivity contribution in [3.63, 3.8) is 0 Å². The van der Waals surface area contributed by atoms with Gasteiger partial charge in [-0.3, -0.25) is 0 Å². The summed E-state index contributed by atoms with van der Waals surface area (Å²) >= 11 is 3.41. The van der Waals surface area contributed by atoms with Gasteiger partial charge in [0.25, 0.3) is 0 Å². The number of allylic oxidation sites excluding steroid dienone is 2. The number of nitrogens with one attached hydrogen (secondary N) is 1. The molecule has 0 amide bonds. The van der Waals surface area contributed by atoms with Crippen LogP contribution in [0.15, 0.2) is 40.8 Å². The molecular weight excluding hydrogens is 463 g/mol. The van der Waals surface area contributed by atoms with Crippen LogP contribution in [0.25, 0.3) is 16.7 Å². The van der Waals surface area contributed by atoms with Crippen molar-refractivity contribution in [2.75, 3.05) is 6.61 Å². The normalized spacial score (nSPS) is 15.8. The molecule has 1 aliphatic heterocycles. The minimum atomic E-state index is -0.399. The Morgan fingerprint density at radius 3 is 2.84 bits per heavy atom. The summed E-state index contributed by atoms with van der Waals surface area (Å²) in [7, 11) is 0. The predicted octanol–water partition coefficient (Wildman–Crippen LogP) is 4.40. The fraction of sp³-hybridized carbons (Fsp3) is 0.273. The zero-order chi connectivity index (χ0) is 22.1. The molecule has 31 heavy (non-hydrogen) atoms. The van der Waals surface area contributed by atoms with E-state index in [1.807, 2.05) is 30.5 Å². The van der Waals surface area contributed by atoms with Gasteiger partial charge >= 0.3 is 6.01 Å². The summed E-state index contributed by atoms with van der Waals surface area (Å²) < 4.78 is 22.6. The van der Waals surface area contributed by atoms with Gasteiger partial charge in [-0.05, 0) is 44.5 Å². The summed E-state index contributed by atoms with van der Waals surface area (Å²) in [5.41, 5.74) is 3.73. The fourth-order valence-corrected chi connectivity index (χ4v) is 3.74. The lowest BCUT2D eigenvalue weighted by molar-refractivity contribution is 0.313. The predicted molar refractivity (Wildman–Crippen MR) is 119 cm³/mol. The molecule has 3 heterocycles. The molecule has 0 saturated heterocycles. The molecule has 0 bridgehead atoms. The lowest BCUT2D eigenvalue weighted by atomic mass is 10.1. The number of hydrogen-bond acceptors (Lipinski definition) is 6. The molecule has 7 nitrogen and oxygen atoms in total. The third-order valence-electron chi connectivity index (χ3n) is 5.00. The maximum absolute atomic E-state index is 14.4. The van der Waals surface area contributed by atoms with Crippen LogP contribution in [-0.2, 0) is 6.54 Å². The summed E-state index contributed by atoms with van der Waals surface area (Å²) in [6.07, 6.45) is 3.21. The Hall–Kier alpha value is -3.25. The molecule has 1 aromatic carbocycles. The van der Waals surface area contributed by atoms with Gasteiger partial charge in [-0.15, -0.1) is 0 Å². The summed E-state index contributed by atoms with van der Waals surface area (Å²) in [5, 5.41) is 12.6. The van der Waals surface area contributed by atoms with E-state index in [0.29, 0.717) is 47.0 Å². The number of aromatic nitrogens is 4. The third kappa shape index (κ3) is 4.03. The number of aryl methyl sites for hydroxylation is 1. The van der Waals surface area contributed by atoms with Crippen molar-refractivity contribution < 1.29 is 9.13 Å². The molecule has 2 aromatic heterocycles. The van der Waals surface area contributed by atoms with E-state index < -0.39 is 6.04 Å². The van der Waals surface area contributed by atoms with Crippen molar-refractivity contribution in [3.05, 3.63) is 63.4 Å². The van der Waals surface area contributed by atoms with Crippen LogP contribution in [0, 0.1) is 18.3 Å². The average Bonchev–Trinajstić information content (AvgIpc) is 3.10. The number of ether oxygens (including phenoxy) is 1. The maximum atomic E-state index is 14.4. The Morgan fingerprint density at radius 1 is 1.32 bits per heavy atom. The van der Waals surface area contributed by atoms with E-state index in [1.54, 1.807) is 19.2 Å². The SMILES string of the molecule is CCOc1nc(C)c2nc(C3=CNC(C)C(F)=C3)n(Cc3ccc(Br)cc3C#N)c2n1. The molecule has 0 fully saturated rings. The Kier molecular flexibility index (Phi) is 5.74. The minimum absolute atomic E-state index is 0.252. The van der Waals surface area contributed by atoms with Crippen LogP contribution >= 0.6 is 15.9 Å². The largest absolute Gasteiger partial charge is 0.464 e. The van der Waals surface area contributed by atoms with E-state index in [2.05, 4.69) is 37.3 Å². The molecular formula is C22H20BrFN6O. The van der Waals surface area contributed by atoms with Gasteiger partial charge < -0.3 is 14.6 Å². The lowest BCUT2D eigenvalue weighted by Crippen LogP contribution is -2.24. The van der Waals surface area contributed by atoms with E-state index >= 15 is 0 Å². The second kappa shape index (κ2) is 8.47. The number of fused-ring (bicyclic) bond motifs is 1. The fourth-order valence-electron chi connectivity index (χ4n) is 3.38. The zero-order valence-corrected chi connectivity index (χ0v) is 18.9. The monoisotopic (exact) mass is 482 g/mol. The molecule has 1 aliphatic rings. The number of rotatable bonds is 5. The van der Waals surface area contributed by atoms with Gasteiger partial charge in [0.05, 0.1) is 36.5 Å². The van der Waals surface area contributed by atoms with Gasteiger partial charge in [0, 0.05) is 16.2 Å². The molecule has 0 saturated carbocycles. The van der Waals surface area contributed by atoms with Gasteiger partial charge in [-0.1, -0.05) is 22.0 Å². The molecule has 1 atom stereocenters. The summed E-state index contributed by atoms with van der Waals surface area (Å²) in [4.78, 5) is 13.7. The molecule has 0 spiro atoms. The van der Waals surface area contributed by atoms with Crippen molar-refractivity contribution in [2.45, 2.75) is 33.4 Å². The highest BCUT2D eigenvalue weighted by atomic mass is 79.9. The van der Waals surface area contributed by atoms with Crippen molar-refractivity contribution >= 4 is 32.7 Å².